The van der Waals surface area contributed by atoms with Crippen LogP contribution in [0.5, 0.6) is 0 Å². The van der Waals surface area contributed by atoms with Crippen molar-refractivity contribution in [3.05, 3.63) is 36.0 Å². The van der Waals surface area contributed by atoms with E-state index in [1.807, 2.05) is 24.4 Å². The van der Waals surface area contributed by atoms with Gasteiger partial charge in [-0.1, -0.05) is 20.8 Å². The molecule has 0 N–H and O–H groups in total. The Balaban J connectivity index is 2.67. The summed E-state index contributed by atoms with van der Waals surface area (Å²) in [7, 11) is 0. The maximum atomic E-state index is 11.5. The Morgan fingerprint density at radius 3 is 2.47 bits per heavy atom. The molecular weight excluding hydrogens is 230 g/mol. The molecule has 2 rings (SSSR count). The molecule has 1 heterocycles. The fourth-order valence-electron chi connectivity index (χ4n) is 1.96. The van der Waals surface area contributed by atoms with Crippen molar-refractivity contribution in [1.82, 2.24) is 4.98 Å². The van der Waals surface area contributed by atoms with Gasteiger partial charge in [-0.2, -0.15) is 0 Å². The molecule has 1 aromatic carbocycles. The van der Waals surface area contributed by atoms with Gasteiger partial charge in [-0.3, -0.25) is 4.98 Å². The zero-order valence-electron chi connectivity index (χ0n) is 10.7. The van der Waals surface area contributed by atoms with Gasteiger partial charge in [0.15, 0.2) is 4.90 Å². The zero-order valence-corrected chi connectivity index (χ0v) is 11.5. The number of nitrogens with zero attached hydrogens (tertiary/aromatic N) is 1. The monoisotopic (exact) mass is 247 g/mol. The summed E-state index contributed by atoms with van der Waals surface area (Å²) >= 11 is -0.953. The zero-order chi connectivity index (χ0) is 12.6. The van der Waals surface area contributed by atoms with Crippen LogP contribution >= 0.6 is 0 Å². The summed E-state index contributed by atoms with van der Waals surface area (Å²) in [5.41, 5.74) is 2.29. The molecule has 0 bridgehead atoms. The second kappa shape index (κ2) is 4.31. The fraction of sp³-hybridized carbons (Fsp3) is 0.357. The molecule has 2 aromatic rings. The predicted octanol–water partition coefficient (Wildman–Crippen LogP) is 3.27. The molecule has 0 spiro atoms. The normalized spacial score (nSPS) is 13.9. The largest absolute Gasteiger partial charge is 0.612 e. The van der Waals surface area contributed by atoms with E-state index in [0.29, 0.717) is 0 Å². The number of hydrogen-bond acceptors (Lipinski definition) is 2. The number of benzene rings is 1. The van der Waals surface area contributed by atoms with Crippen LogP contribution in [0.4, 0.5) is 0 Å². The molecule has 0 fully saturated rings. The van der Waals surface area contributed by atoms with Crippen LogP contribution in [0.3, 0.4) is 0 Å². The topological polar surface area (TPSA) is 36.0 Å². The van der Waals surface area contributed by atoms with Crippen molar-refractivity contribution in [2.75, 3.05) is 6.26 Å². The van der Waals surface area contributed by atoms with Crippen LogP contribution < -0.4 is 0 Å². The first-order chi connectivity index (χ1) is 7.89. The van der Waals surface area contributed by atoms with Crippen molar-refractivity contribution in [2.24, 2.45) is 0 Å². The third-order valence-corrected chi connectivity index (χ3v) is 3.77. The smallest absolute Gasteiger partial charge is 0.154 e. The maximum Gasteiger partial charge on any atom is 0.154 e. The molecule has 3 heteroatoms. The molecule has 0 saturated heterocycles. The summed E-state index contributed by atoms with van der Waals surface area (Å²) in [5, 5.41) is 1.15. The first kappa shape index (κ1) is 12.4. The molecule has 1 unspecified atom stereocenters. The highest BCUT2D eigenvalue weighted by molar-refractivity contribution is 7.90. The van der Waals surface area contributed by atoms with E-state index in [-0.39, 0.29) is 5.41 Å². The number of hydrogen-bond donors (Lipinski definition) is 0. The summed E-state index contributed by atoms with van der Waals surface area (Å²) in [5.74, 6) is 0. The molecule has 1 atom stereocenters. The standard InChI is InChI=1S/C14H17NOS/c1-14(2,3)12-7-8-15-13-9-10(17(4)16)5-6-11(12)13/h5-9H,1-4H3. The Morgan fingerprint density at radius 2 is 1.88 bits per heavy atom. The molecular formula is C14H17NOS. The average molecular weight is 247 g/mol. The Kier molecular flexibility index (Phi) is 3.15. The second-order valence-electron chi connectivity index (χ2n) is 5.24. The molecule has 0 aliphatic carbocycles. The number of aromatic nitrogens is 1. The fourth-order valence-corrected chi connectivity index (χ4v) is 2.50. The minimum absolute atomic E-state index is 0.0913. The van der Waals surface area contributed by atoms with Crippen molar-refractivity contribution in [3.8, 4) is 0 Å². The van der Waals surface area contributed by atoms with E-state index >= 15 is 0 Å². The van der Waals surface area contributed by atoms with Crippen molar-refractivity contribution >= 4 is 22.1 Å². The van der Waals surface area contributed by atoms with E-state index < -0.39 is 11.2 Å². The molecule has 0 radical (unpaired) electrons. The van der Waals surface area contributed by atoms with Crippen molar-refractivity contribution in [1.29, 1.82) is 0 Å². The van der Waals surface area contributed by atoms with Crippen LogP contribution in [0.15, 0.2) is 35.4 Å². The molecule has 0 aliphatic rings. The van der Waals surface area contributed by atoms with Gasteiger partial charge in [0.05, 0.1) is 5.52 Å². The molecule has 90 valence electrons. The highest BCUT2D eigenvalue weighted by Gasteiger charge is 2.17. The van der Waals surface area contributed by atoms with Crippen molar-refractivity contribution in [3.63, 3.8) is 0 Å². The van der Waals surface area contributed by atoms with Crippen molar-refractivity contribution in [2.45, 2.75) is 31.1 Å². The van der Waals surface area contributed by atoms with Gasteiger partial charge in [0.25, 0.3) is 0 Å². The third-order valence-electron chi connectivity index (χ3n) is 2.85. The lowest BCUT2D eigenvalue weighted by molar-refractivity contribution is 0.595. The van der Waals surface area contributed by atoms with E-state index in [2.05, 4.69) is 31.8 Å². The van der Waals surface area contributed by atoms with E-state index in [9.17, 15) is 4.55 Å². The molecule has 17 heavy (non-hydrogen) atoms. The Bertz CT molecular complexity index is 543. The minimum Gasteiger partial charge on any atom is -0.612 e. The lowest BCUT2D eigenvalue weighted by atomic mass is 9.85. The van der Waals surface area contributed by atoms with Crippen LogP contribution in [0.2, 0.25) is 0 Å². The molecule has 0 saturated carbocycles. The Labute approximate surface area is 105 Å². The summed E-state index contributed by atoms with van der Waals surface area (Å²) in [6.07, 6.45) is 3.51. The van der Waals surface area contributed by atoms with Gasteiger partial charge < -0.3 is 4.55 Å². The minimum atomic E-state index is -0.953. The lowest BCUT2D eigenvalue weighted by Gasteiger charge is -2.21. The number of fused-ring (bicyclic) bond motifs is 1. The highest BCUT2D eigenvalue weighted by Crippen LogP contribution is 2.29. The Hall–Kier alpha value is -1.06. The molecule has 0 aliphatic heterocycles. The van der Waals surface area contributed by atoms with Crippen LogP contribution in [0, 0.1) is 0 Å². The number of rotatable bonds is 1. The maximum absolute atomic E-state index is 11.5. The quantitative estimate of drug-likeness (QED) is 0.725. The van der Waals surface area contributed by atoms with E-state index in [0.717, 1.165) is 15.8 Å². The summed E-state index contributed by atoms with van der Waals surface area (Å²) in [6, 6.07) is 7.93. The third kappa shape index (κ3) is 2.45. The van der Waals surface area contributed by atoms with E-state index in [1.165, 1.54) is 5.56 Å². The van der Waals surface area contributed by atoms with Gasteiger partial charge in [0.1, 0.15) is 6.26 Å². The van der Waals surface area contributed by atoms with Crippen LogP contribution in [0.25, 0.3) is 10.9 Å². The van der Waals surface area contributed by atoms with Gasteiger partial charge in [0.2, 0.25) is 0 Å². The van der Waals surface area contributed by atoms with Crippen LogP contribution in [0.1, 0.15) is 26.3 Å². The average Bonchev–Trinajstić information content (AvgIpc) is 2.26. The Morgan fingerprint density at radius 1 is 1.18 bits per heavy atom. The van der Waals surface area contributed by atoms with Crippen LogP contribution in [-0.4, -0.2) is 15.8 Å². The molecule has 2 nitrogen and oxygen atoms in total. The second-order valence-corrected chi connectivity index (χ2v) is 6.62. The first-order valence-corrected chi connectivity index (χ1v) is 7.18. The SMILES string of the molecule is C[S+]([O-])c1ccc2c(C(C)(C)C)ccnc2c1. The van der Waals surface area contributed by atoms with E-state index in [1.54, 1.807) is 6.26 Å². The number of pyridine rings is 1. The van der Waals surface area contributed by atoms with Crippen molar-refractivity contribution < 1.29 is 4.55 Å². The van der Waals surface area contributed by atoms with E-state index in [4.69, 9.17) is 0 Å². The summed E-state index contributed by atoms with van der Waals surface area (Å²) in [4.78, 5) is 5.19. The van der Waals surface area contributed by atoms with Gasteiger partial charge in [0, 0.05) is 17.6 Å². The van der Waals surface area contributed by atoms with Gasteiger partial charge in [-0.25, -0.2) is 0 Å². The lowest BCUT2D eigenvalue weighted by Crippen LogP contribution is -2.12. The molecule has 0 amide bonds. The van der Waals surface area contributed by atoms with Gasteiger partial charge in [-0.15, -0.1) is 0 Å². The van der Waals surface area contributed by atoms with Gasteiger partial charge in [-0.05, 0) is 40.4 Å². The van der Waals surface area contributed by atoms with Crippen LogP contribution in [-0.2, 0) is 16.6 Å². The van der Waals surface area contributed by atoms with Gasteiger partial charge >= 0.3 is 0 Å². The summed E-state index contributed by atoms with van der Waals surface area (Å²) in [6.45, 7) is 6.56. The summed E-state index contributed by atoms with van der Waals surface area (Å²) < 4.78 is 11.5. The highest BCUT2D eigenvalue weighted by atomic mass is 32.2. The first-order valence-electron chi connectivity index (χ1n) is 5.62. The predicted molar refractivity (Wildman–Crippen MR) is 72.8 cm³/mol. The molecule has 1 aromatic heterocycles.